The van der Waals surface area contributed by atoms with Crippen LogP contribution in [0.4, 0.5) is 5.82 Å². The smallest absolute Gasteiger partial charge is 0.284 e. The maximum absolute atomic E-state index is 9.28. The Labute approximate surface area is 147 Å². The number of allylic oxidation sites excluding steroid dienone is 1. The van der Waals surface area contributed by atoms with Crippen LogP contribution >= 0.6 is 0 Å². The lowest BCUT2D eigenvalue weighted by Crippen LogP contribution is -2.46. The van der Waals surface area contributed by atoms with E-state index in [1.807, 2.05) is 6.07 Å². The van der Waals surface area contributed by atoms with Crippen LogP contribution in [-0.2, 0) is 11.2 Å². The number of fused-ring (bicyclic) bond motifs is 1. The number of aromatic nitrogens is 3. The van der Waals surface area contributed by atoms with Crippen molar-refractivity contribution in [2.45, 2.75) is 19.8 Å². The molecule has 0 amide bonds. The van der Waals surface area contributed by atoms with Crippen molar-refractivity contribution in [3.05, 3.63) is 34.9 Å². The van der Waals surface area contributed by atoms with E-state index in [1.54, 1.807) is 6.20 Å². The number of morpholine rings is 1. The van der Waals surface area contributed by atoms with Gasteiger partial charge in [-0.2, -0.15) is 10.4 Å². The molecule has 7 heteroatoms. The highest BCUT2D eigenvalue weighted by molar-refractivity contribution is 6.92. The number of H-pyrrole nitrogens is 1. The molecule has 2 aliphatic heterocycles. The van der Waals surface area contributed by atoms with Gasteiger partial charge in [-0.25, -0.2) is 4.98 Å². The second-order valence-electron chi connectivity index (χ2n) is 6.39. The molecule has 1 fully saturated rings. The first-order valence-corrected chi connectivity index (χ1v) is 8.75. The van der Waals surface area contributed by atoms with Crippen molar-refractivity contribution in [1.82, 2.24) is 15.2 Å². The average Bonchev–Trinajstić information content (AvgIpc) is 3.29. The van der Waals surface area contributed by atoms with Crippen molar-refractivity contribution in [1.29, 1.82) is 5.26 Å². The molecular formula is C18H20BN5O. The molecule has 2 aromatic rings. The number of nitrogens with zero attached hydrogens (tertiary/aromatic N) is 4. The minimum Gasteiger partial charge on any atom is -0.378 e. The van der Waals surface area contributed by atoms with Crippen molar-refractivity contribution in [2.75, 3.05) is 31.2 Å². The number of hydrogen-bond donors (Lipinski definition) is 1. The topological polar surface area (TPSA) is 77.8 Å². The molecule has 0 unspecified atom stereocenters. The number of hydrogen-bond acceptors (Lipinski definition) is 5. The molecule has 0 radical (unpaired) electrons. The van der Waals surface area contributed by atoms with Crippen LogP contribution in [0, 0.1) is 11.3 Å². The van der Waals surface area contributed by atoms with Gasteiger partial charge in [0.2, 0.25) is 0 Å². The lowest BCUT2D eigenvalue weighted by molar-refractivity contribution is 0.122. The number of rotatable bonds is 4. The SMILES string of the molecule is CCC1=Cc2c(CC#N)cc(N3CCOCC3)nc2B1c1ccn[nH]1. The predicted molar refractivity (Wildman–Crippen MR) is 98.5 cm³/mol. The summed E-state index contributed by atoms with van der Waals surface area (Å²) in [5.41, 5.74) is 5.57. The Balaban J connectivity index is 1.83. The molecular weight excluding hydrogens is 313 g/mol. The molecule has 126 valence electrons. The third-order valence-electron chi connectivity index (χ3n) is 4.98. The molecule has 6 nitrogen and oxygen atoms in total. The van der Waals surface area contributed by atoms with E-state index in [9.17, 15) is 5.26 Å². The van der Waals surface area contributed by atoms with Crippen LogP contribution in [-0.4, -0.2) is 48.2 Å². The number of aromatic amines is 1. The lowest BCUT2D eigenvalue weighted by Gasteiger charge is -2.29. The maximum Gasteiger partial charge on any atom is 0.284 e. The minimum absolute atomic E-state index is 0.0981. The van der Waals surface area contributed by atoms with E-state index in [4.69, 9.17) is 9.72 Å². The van der Waals surface area contributed by atoms with Crippen LogP contribution in [0.5, 0.6) is 0 Å². The highest BCUT2D eigenvalue weighted by Crippen LogP contribution is 2.26. The first kappa shape index (κ1) is 15.9. The molecule has 0 atom stereocenters. The molecule has 0 spiro atoms. The summed E-state index contributed by atoms with van der Waals surface area (Å²) in [4.78, 5) is 7.27. The number of nitrogens with one attached hydrogen (secondary N) is 1. The van der Waals surface area contributed by atoms with Gasteiger partial charge in [0.1, 0.15) is 5.82 Å². The van der Waals surface area contributed by atoms with Crippen LogP contribution in [0.3, 0.4) is 0 Å². The molecule has 25 heavy (non-hydrogen) atoms. The van der Waals surface area contributed by atoms with Crippen LogP contribution < -0.4 is 16.1 Å². The third kappa shape index (κ3) is 2.83. The van der Waals surface area contributed by atoms with E-state index in [-0.39, 0.29) is 6.71 Å². The van der Waals surface area contributed by atoms with Crippen LogP contribution in [0.15, 0.2) is 23.8 Å². The molecule has 0 bridgehead atoms. The molecule has 0 aliphatic carbocycles. The van der Waals surface area contributed by atoms with Gasteiger partial charge in [0.15, 0.2) is 0 Å². The minimum atomic E-state index is 0.0981. The van der Waals surface area contributed by atoms with Crippen LogP contribution in [0.1, 0.15) is 24.5 Å². The fourth-order valence-corrected chi connectivity index (χ4v) is 3.71. The summed E-state index contributed by atoms with van der Waals surface area (Å²) in [6.45, 7) is 5.36. The molecule has 0 saturated carbocycles. The fourth-order valence-electron chi connectivity index (χ4n) is 3.71. The summed E-state index contributed by atoms with van der Waals surface area (Å²) < 4.78 is 5.46. The van der Waals surface area contributed by atoms with Crippen molar-refractivity contribution in [3.8, 4) is 6.07 Å². The summed E-state index contributed by atoms with van der Waals surface area (Å²) in [5.74, 6) is 0.947. The van der Waals surface area contributed by atoms with E-state index in [0.29, 0.717) is 6.42 Å². The molecule has 4 heterocycles. The predicted octanol–water partition coefficient (Wildman–Crippen LogP) is 0.663. The first-order valence-electron chi connectivity index (χ1n) is 8.75. The Morgan fingerprint density at radius 3 is 2.92 bits per heavy atom. The van der Waals surface area contributed by atoms with Crippen molar-refractivity contribution in [2.24, 2.45) is 0 Å². The molecule has 2 aliphatic rings. The van der Waals surface area contributed by atoms with Gasteiger partial charge in [0, 0.05) is 30.5 Å². The van der Waals surface area contributed by atoms with Gasteiger partial charge < -0.3 is 9.64 Å². The number of ether oxygens (including phenoxy) is 1. The third-order valence-corrected chi connectivity index (χ3v) is 4.98. The van der Waals surface area contributed by atoms with Gasteiger partial charge >= 0.3 is 0 Å². The number of anilines is 1. The van der Waals surface area contributed by atoms with E-state index in [2.05, 4.69) is 40.2 Å². The highest BCUT2D eigenvalue weighted by Gasteiger charge is 2.35. The summed E-state index contributed by atoms with van der Waals surface area (Å²) >= 11 is 0. The standard InChI is InChI=1S/C18H20BN5O/c1-2-14-12-15-13(3-5-20)11-17(24-7-9-25-10-8-24)22-18(15)19(14)16-4-6-21-23-16/h4,6,11-12H,2-3,7-10H2,1H3,(H,21,23). The second kappa shape index (κ2) is 6.73. The van der Waals surface area contributed by atoms with Gasteiger partial charge in [-0.05, 0) is 29.7 Å². The summed E-state index contributed by atoms with van der Waals surface area (Å²) in [6.07, 6.45) is 5.33. The Morgan fingerprint density at radius 2 is 2.24 bits per heavy atom. The monoisotopic (exact) mass is 333 g/mol. The Kier molecular flexibility index (Phi) is 4.28. The largest absolute Gasteiger partial charge is 0.378 e. The van der Waals surface area contributed by atoms with Crippen LogP contribution in [0.2, 0.25) is 0 Å². The average molecular weight is 333 g/mol. The van der Waals surface area contributed by atoms with Gasteiger partial charge in [0.25, 0.3) is 6.71 Å². The summed E-state index contributed by atoms with van der Waals surface area (Å²) in [5, 5.41) is 16.5. The van der Waals surface area contributed by atoms with Crippen molar-refractivity contribution < 1.29 is 4.74 Å². The second-order valence-corrected chi connectivity index (χ2v) is 6.39. The fraction of sp³-hybridized carbons (Fsp3) is 0.389. The first-order chi connectivity index (χ1) is 12.3. The highest BCUT2D eigenvalue weighted by atomic mass is 16.5. The summed E-state index contributed by atoms with van der Waals surface area (Å²) in [7, 11) is 0. The zero-order chi connectivity index (χ0) is 17.2. The molecule has 0 aromatic carbocycles. The van der Waals surface area contributed by atoms with E-state index < -0.39 is 0 Å². The quantitative estimate of drug-likeness (QED) is 0.832. The van der Waals surface area contributed by atoms with E-state index in [1.165, 1.54) is 5.47 Å². The van der Waals surface area contributed by atoms with E-state index in [0.717, 1.165) is 60.9 Å². The normalized spacial score (nSPS) is 16.6. The van der Waals surface area contributed by atoms with Gasteiger partial charge in [0.05, 0.1) is 25.7 Å². The maximum atomic E-state index is 9.28. The lowest BCUT2D eigenvalue weighted by atomic mass is 9.41. The molecule has 4 rings (SSSR count). The number of pyridine rings is 1. The Bertz CT molecular complexity index is 834. The molecule has 1 N–H and O–H groups in total. The van der Waals surface area contributed by atoms with Gasteiger partial charge in [-0.15, -0.1) is 0 Å². The number of nitriles is 1. The molecule has 1 saturated heterocycles. The van der Waals surface area contributed by atoms with E-state index >= 15 is 0 Å². The zero-order valence-corrected chi connectivity index (χ0v) is 14.3. The zero-order valence-electron chi connectivity index (χ0n) is 14.3. The van der Waals surface area contributed by atoms with Crippen molar-refractivity contribution >= 4 is 29.8 Å². The Morgan fingerprint density at radius 1 is 1.40 bits per heavy atom. The summed E-state index contributed by atoms with van der Waals surface area (Å²) in [6, 6.07) is 6.39. The van der Waals surface area contributed by atoms with Gasteiger partial charge in [-0.1, -0.05) is 18.5 Å². The van der Waals surface area contributed by atoms with Gasteiger partial charge in [-0.3, -0.25) is 5.10 Å². The van der Waals surface area contributed by atoms with Crippen LogP contribution in [0.25, 0.3) is 6.08 Å². The van der Waals surface area contributed by atoms with Crippen molar-refractivity contribution in [3.63, 3.8) is 0 Å². The Hall–Kier alpha value is -2.59. The molecule has 2 aromatic heterocycles.